The first-order chi connectivity index (χ1) is 10.4. The van der Waals surface area contributed by atoms with E-state index in [9.17, 15) is 8.78 Å². The third kappa shape index (κ3) is 5.97. The van der Waals surface area contributed by atoms with E-state index in [0.717, 1.165) is 24.5 Å². The first-order valence-electron chi connectivity index (χ1n) is 7.88. The number of benzene rings is 1. The molecule has 0 saturated heterocycles. The molecule has 1 rings (SSSR count). The molecule has 0 radical (unpaired) electrons. The zero-order chi connectivity index (χ0) is 16.6. The summed E-state index contributed by atoms with van der Waals surface area (Å²) >= 11 is 0. The molecule has 0 atom stereocenters. The molecule has 1 aromatic carbocycles. The van der Waals surface area contributed by atoms with E-state index in [4.69, 9.17) is 0 Å². The second-order valence-electron chi connectivity index (χ2n) is 6.13. The fourth-order valence-electron chi connectivity index (χ4n) is 2.30. The summed E-state index contributed by atoms with van der Waals surface area (Å²) in [4.78, 5) is 0. The standard InChI is InChI=1S/C20H26F2/c1-5-7-9-10-16(15-20(3,4)13-8-6-2)18-12-11-17(21)14-19(18)22/h7-14H,5-6,15H2,1-4H3/b9-7-,13-8?,16-10+. The number of allylic oxidation sites excluding steroid dienone is 6. The molecule has 0 unspecified atom stereocenters. The molecule has 0 nitrogen and oxygen atoms in total. The maximum absolute atomic E-state index is 14.1. The molecule has 0 aliphatic heterocycles. The lowest BCUT2D eigenvalue weighted by Gasteiger charge is -2.22. The molecule has 0 fully saturated rings. The Kier molecular flexibility index (Phi) is 7.23. The summed E-state index contributed by atoms with van der Waals surface area (Å²) in [7, 11) is 0. The van der Waals surface area contributed by atoms with Crippen LogP contribution in [0.1, 0.15) is 52.5 Å². The van der Waals surface area contributed by atoms with Crippen LogP contribution in [-0.2, 0) is 0 Å². The predicted molar refractivity (Wildman–Crippen MR) is 91.6 cm³/mol. The molecule has 0 aliphatic carbocycles. The molecule has 0 amide bonds. The van der Waals surface area contributed by atoms with Gasteiger partial charge in [0, 0.05) is 11.6 Å². The van der Waals surface area contributed by atoms with Crippen molar-refractivity contribution < 1.29 is 8.78 Å². The summed E-state index contributed by atoms with van der Waals surface area (Å²) in [5, 5.41) is 0. The van der Waals surface area contributed by atoms with Crippen LogP contribution in [0.3, 0.4) is 0 Å². The molecule has 120 valence electrons. The molecule has 0 spiro atoms. The average Bonchev–Trinajstić information content (AvgIpc) is 2.44. The Morgan fingerprint density at radius 1 is 1.09 bits per heavy atom. The van der Waals surface area contributed by atoms with Gasteiger partial charge in [-0.15, -0.1) is 0 Å². The Labute approximate surface area is 133 Å². The molecule has 0 aliphatic rings. The van der Waals surface area contributed by atoms with Crippen LogP contribution in [-0.4, -0.2) is 0 Å². The van der Waals surface area contributed by atoms with E-state index in [-0.39, 0.29) is 5.41 Å². The van der Waals surface area contributed by atoms with E-state index >= 15 is 0 Å². The molecule has 0 N–H and O–H groups in total. The highest BCUT2D eigenvalue weighted by Crippen LogP contribution is 2.33. The van der Waals surface area contributed by atoms with Crippen LogP contribution in [0.25, 0.3) is 5.57 Å². The van der Waals surface area contributed by atoms with E-state index in [2.05, 4.69) is 39.8 Å². The number of hydrogen-bond donors (Lipinski definition) is 0. The summed E-state index contributed by atoms with van der Waals surface area (Å²) < 4.78 is 27.3. The van der Waals surface area contributed by atoms with Crippen LogP contribution in [0.15, 0.2) is 48.6 Å². The lowest BCUT2D eigenvalue weighted by molar-refractivity contribution is 0.493. The van der Waals surface area contributed by atoms with Gasteiger partial charge in [-0.25, -0.2) is 8.78 Å². The van der Waals surface area contributed by atoms with Gasteiger partial charge in [0.15, 0.2) is 0 Å². The van der Waals surface area contributed by atoms with Crippen LogP contribution in [0.4, 0.5) is 8.78 Å². The monoisotopic (exact) mass is 304 g/mol. The SMILES string of the molecule is CCC=CC(C)(C)C/C(=C\C=C/CC)c1ccc(F)cc1F. The van der Waals surface area contributed by atoms with Crippen molar-refractivity contribution in [2.45, 2.75) is 47.0 Å². The van der Waals surface area contributed by atoms with Gasteiger partial charge in [0.25, 0.3) is 0 Å². The third-order valence-electron chi connectivity index (χ3n) is 3.40. The smallest absolute Gasteiger partial charge is 0.133 e. The van der Waals surface area contributed by atoms with Crippen molar-refractivity contribution in [3.63, 3.8) is 0 Å². The summed E-state index contributed by atoms with van der Waals surface area (Å²) in [6, 6.07) is 3.78. The first kappa shape index (κ1) is 18.3. The van der Waals surface area contributed by atoms with Gasteiger partial charge < -0.3 is 0 Å². The lowest BCUT2D eigenvalue weighted by atomic mass is 9.82. The average molecular weight is 304 g/mol. The Bertz CT molecular complexity index is 563. The summed E-state index contributed by atoms with van der Waals surface area (Å²) in [6.07, 6.45) is 12.8. The quantitative estimate of drug-likeness (QED) is 0.388. The van der Waals surface area contributed by atoms with Crippen molar-refractivity contribution in [2.24, 2.45) is 5.41 Å². The molecule has 0 heterocycles. The Morgan fingerprint density at radius 2 is 1.77 bits per heavy atom. The second-order valence-corrected chi connectivity index (χ2v) is 6.13. The van der Waals surface area contributed by atoms with Crippen LogP contribution in [0.5, 0.6) is 0 Å². The normalized spacial score (nSPS) is 13.5. The minimum atomic E-state index is -0.546. The zero-order valence-corrected chi connectivity index (χ0v) is 14.0. The maximum Gasteiger partial charge on any atom is 0.133 e. The van der Waals surface area contributed by atoms with Gasteiger partial charge in [-0.3, -0.25) is 0 Å². The topological polar surface area (TPSA) is 0 Å². The number of hydrogen-bond acceptors (Lipinski definition) is 0. The van der Waals surface area contributed by atoms with Crippen molar-refractivity contribution >= 4 is 5.57 Å². The van der Waals surface area contributed by atoms with Crippen molar-refractivity contribution in [2.75, 3.05) is 0 Å². The van der Waals surface area contributed by atoms with Crippen LogP contribution in [0.2, 0.25) is 0 Å². The predicted octanol–water partition coefficient (Wildman–Crippen LogP) is 6.70. The van der Waals surface area contributed by atoms with E-state index in [1.807, 2.05) is 18.2 Å². The highest BCUT2D eigenvalue weighted by molar-refractivity contribution is 5.68. The molecule has 1 aromatic rings. The highest BCUT2D eigenvalue weighted by Gasteiger charge is 2.19. The number of halogens is 2. The molecule has 0 saturated carbocycles. The van der Waals surface area contributed by atoms with Crippen LogP contribution < -0.4 is 0 Å². The maximum atomic E-state index is 14.1. The lowest BCUT2D eigenvalue weighted by Crippen LogP contribution is -2.09. The Hall–Kier alpha value is -1.70. The van der Waals surface area contributed by atoms with Crippen molar-refractivity contribution in [3.8, 4) is 0 Å². The zero-order valence-electron chi connectivity index (χ0n) is 14.0. The minimum Gasteiger partial charge on any atom is -0.207 e. The van der Waals surface area contributed by atoms with Crippen LogP contribution >= 0.6 is 0 Å². The van der Waals surface area contributed by atoms with Crippen molar-refractivity contribution in [3.05, 3.63) is 65.8 Å². The van der Waals surface area contributed by atoms with Gasteiger partial charge in [-0.1, -0.05) is 58.1 Å². The van der Waals surface area contributed by atoms with Gasteiger partial charge in [0.1, 0.15) is 11.6 Å². The molecular weight excluding hydrogens is 278 g/mol. The minimum absolute atomic E-state index is 0.0806. The van der Waals surface area contributed by atoms with E-state index in [1.165, 1.54) is 12.1 Å². The van der Waals surface area contributed by atoms with Gasteiger partial charge in [0.05, 0.1) is 0 Å². The van der Waals surface area contributed by atoms with Crippen LogP contribution in [0, 0.1) is 17.0 Å². The van der Waals surface area contributed by atoms with E-state index in [1.54, 1.807) is 0 Å². The van der Waals surface area contributed by atoms with Gasteiger partial charge in [-0.2, -0.15) is 0 Å². The Balaban J connectivity index is 3.16. The fourth-order valence-corrected chi connectivity index (χ4v) is 2.30. The summed E-state index contributed by atoms with van der Waals surface area (Å²) in [5.41, 5.74) is 1.27. The molecular formula is C20H26F2. The summed E-state index contributed by atoms with van der Waals surface area (Å²) in [5.74, 6) is -1.05. The van der Waals surface area contributed by atoms with Gasteiger partial charge >= 0.3 is 0 Å². The fraction of sp³-hybridized carbons (Fsp3) is 0.400. The molecule has 0 bridgehead atoms. The van der Waals surface area contributed by atoms with Crippen molar-refractivity contribution in [1.29, 1.82) is 0 Å². The summed E-state index contributed by atoms with van der Waals surface area (Å²) in [6.45, 7) is 8.39. The van der Waals surface area contributed by atoms with E-state index < -0.39 is 11.6 Å². The van der Waals surface area contributed by atoms with Gasteiger partial charge in [0.2, 0.25) is 0 Å². The van der Waals surface area contributed by atoms with Gasteiger partial charge in [-0.05, 0) is 42.4 Å². The molecule has 0 aromatic heterocycles. The molecule has 2 heteroatoms. The largest absolute Gasteiger partial charge is 0.207 e. The second kappa shape index (κ2) is 8.67. The first-order valence-corrected chi connectivity index (χ1v) is 7.88. The molecule has 22 heavy (non-hydrogen) atoms. The highest BCUT2D eigenvalue weighted by atomic mass is 19.1. The van der Waals surface area contributed by atoms with E-state index in [0.29, 0.717) is 12.0 Å². The third-order valence-corrected chi connectivity index (χ3v) is 3.40. The van der Waals surface area contributed by atoms with Crippen molar-refractivity contribution in [1.82, 2.24) is 0 Å². The number of rotatable bonds is 7. The Morgan fingerprint density at radius 3 is 2.36 bits per heavy atom.